The molecule has 128 valence electrons. The topological polar surface area (TPSA) is 102 Å². The van der Waals surface area contributed by atoms with Crippen LogP contribution >= 0.6 is 0 Å². The fraction of sp³-hybridized carbons (Fsp3) is 0.533. The summed E-state index contributed by atoms with van der Waals surface area (Å²) in [6, 6.07) is 6.12. The van der Waals surface area contributed by atoms with E-state index in [2.05, 4.69) is 4.72 Å². The highest BCUT2D eigenvalue weighted by Gasteiger charge is 2.41. The van der Waals surface area contributed by atoms with Crippen molar-refractivity contribution in [2.24, 2.45) is 5.41 Å². The molecule has 0 aromatic heterocycles. The van der Waals surface area contributed by atoms with Crippen LogP contribution in [0.5, 0.6) is 5.75 Å². The lowest BCUT2D eigenvalue weighted by atomic mass is 9.80. The number of carboxylic acid groups (broad SMARTS) is 1. The van der Waals surface area contributed by atoms with E-state index in [9.17, 15) is 18.3 Å². The molecule has 23 heavy (non-hydrogen) atoms. The molecule has 1 aliphatic heterocycles. The first kappa shape index (κ1) is 17.7. The lowest BCUT2D eigenvalue weighted by Gasteiger charge is -2.33. The van der Waals surface area contributed by atoms with Crippen molar-refractivity contribution in [2.45, 2.75) is 24.7 Å². The van der Waals surface area contributed by atoms with Crippen LogP contribution in [0.2, 0.25) is 0 Å². The van der Waals surface area contributed by atoms with Crippen LogP contribution in [0.1, 0.15) is 19.8 Å². The summed E-state index contributed by atoms with van der Waals surface area (Å²) in [7, 11) is -3.81. The van der Waals surface area contributed by atoms with Gasteiger partial charge in [-0.2, -0.15) is 0 Å². The van der Waals surface area contributed by atoms with Gasteiger partial charge in [-0.25, -0.2) is 13.1 Å². The monoisotopic (exact) mass is 343 g/mol. The summed E-state index contributed by atoms with van der Waals surface area (Å²) in [4.78, 5) is 11.6. The summed E-state index contributed by atoms with van der Waals surface area (Å²) in [6.07, 6.45) is 0.563. The Bertz CT molecular complexity index is 652. The predicted octanol–water partition coefficient (Wildman–Crippen LogP) is 1.24. The minimum absolute atomic E-state index is 0.0519. The molecule has 7 nitrogen and oxygen atoms in total. The lowest BCUT2D eigenvalue weighted by molar-refractivity contribution is -0.154. The highest BCUT2D eigenvalue weighted by atomic mass is 32.2. The third kappa shape index (κ3) is 4.21. The van der Waals surface area contributed by atoms with Gasteiger partial charge in [-0.05, 0) is 31.9 Å². The van der Waals surface area contributed by atoms with Crippen molar-refractivity contribution in [1.29, 1.82) is 0 Å². The van der Waals surface area contributed by atoms with Gasteiger partial charge in [-0.1, -0.05) is 6.07 Å². The van der Waals surface area contributed by atoms with E-state index >= 15 is 0 Å². The fourth-order valence-corrected chi connectivity index (χ4v) is 3.60. The Labute approximate surface area is 135 Å². The Balaban J connectivity index is 2.14. The number of benzene rings is 1. The van der Waals surface area contributed by atoms with Crippen molar-refractivity contribution < 1.29 is 27.8 Å². The van der Waals surface area contributed by atoms with E-state index in [1.807, 2.05) is 0 Å². The first-order valence-electron chi connectivity index (χ1n) is 7.43. The molecule has 1 aliphatic rings. The van der Waals surface area contributed by atoms with E-state index < -0.39 is 21.4 Å². The van der Waals surface area contributed by atoms with Gasteiger partial charge in [0.25, 0.3) is 0 Å². The molecule has 2 N–H and O–H groups in total. The summed E-state index contributed by atoms with van der Waals surface area (Å²) >= 11 is 0. The first-order valence-corrected chi connectivity index (χ1v) is 8.92. The number of ether oxygens (including phenoxy) is 2. The molecule has 8 heteroatoms. The molecule has 0 unspecified atom stereocenters. The Hall–Kier alpha value is -1.64. The van der Waals surface area contributed by atoms with Crippen molar-refractivity contribution in [2.75, 3.05) is 26.4 Å². The molecule has 0 amide bonds. The highest BCUT2D eigenvalue weighted by molar-refractivity contribution is 7.89. The molecule has 0 bridgehead atoms. The second-order valence-corrected chi connectivity index (χ2v) is 7.20. The second-order valence-electron chi connectivity index (χ2n) is 5.43. The maximum atomic E-state index is 12.4. The molecule has 2 rings (SSSR count). The Morgan fingerprint density at radius 1 is 1.39 bits per heavy atom. The minimum atomic E-state index is -3.81. The Morgan fingerprint density at radius 3 is 2.70 bits per heavy atom. The molecule has 0 spiro atoms. The van der Waals surface area contributed by atoms with Gasteiger partial charge >= 0.3 is 5.97 Å². The minimum Gasteiger partial charge on any atom is -0.494 e. The zero-order valence-electron chi connectivity index (χ0n) is 12.9. The number of hydrogen-bond acceptors (Lipinski definition) is 5. The average Bonchev–Trinajstić information content (AvgIpc) is 2.54. The number of sulfonamides is 1. The molecular formula is C15H21NO6S. The average molecular weight is 343 g/mol. The summed E-state index contributed by atoms with van der Waals surface area (Å²) in [6.45, 7) is 2.70. The van der Waals surface area contributed by atoms with Crippen molar-refractivity contribution in [3.63, 3.8) is 0 Å². The maximum absolute atomic E-state index is 12.4. The molecule has 0 atom stereocenters. The molecule has 0 aliphatic carbocycles. The summed E-state index contributed by atoms with van der Waals surface area (Å²) in [5.74, 6) is -0.555. The molecule has 1 fully saturated rings. The van der Waals surface area contributed by atoms with Crippen LogP contribution in [0, 0.1) is 5.41 Å². The van der Waals surface area contributed by atoms with Crippen LogP contribution in [0.4, 0.5) is 0 Å². The number of aliphatic carboxylic acids is 1. The summed E-state index contributed by atoms with van der Waals surface area (Å²) in [5, 5.41) is 9.46. The van der Waals surface area contributed by atoms with Crippen molar-refractivity contribution in [3.05, 3.63) is 24.3 Å². The molecule has 1 saturated heterocycles. The van der Waals surface area contributed by atoms with Gasteiger partial charge in [0.2, 0.25) is 10.0 Å². The van der Waals surface area contributed by atoms with E-state index in [4.69, 9.17) is 9.47 Å². The maximum Gasteiger partial charge on any atom is 0.311 e. The van der Waals surface area contributed by atoms with Crippen LogP contribution in [-0.4, -0.2) is 45.9 Å². The first-order chi connectivity index (χ1) is 10.9. The van der Waals surface area contributed by atoms with E-state index in [0.29, 0.717) is 25.6 Å². The van der Waals surface area contributed by atoms with Gasteiger partial charge in [0, 0.05) is 25.8 Å². The molecule has 0 radical (unpaired) electrons. The number of carboxylic acids is 1. The second kappa shape index (κ2) is 7.29. The summed E-state index contributed by atoms with van der Waals surface area (Å²) < 4.78 is 37.7. The van der Waals surface area contributed by atoms with Crippen molar-refractivity contribution in [1.82, 2.24) is 4.72 Å². The van der Waals surface area contributed by atoms with E-state index in [1.165, 1.54) is 12.1 Å². The molecular weight excluding hydrogens is 322 g/mol. The largest absolute Gasteiger partial charge is 0.494 e. The van der Waals surface area contributed by atoms with Crippen LogP contribution in [0.3, 0.4) is 0 Å². The quantitative estimate of drug-likeness (QED) is 0.772. The number of nitrogens with one attached hydrogen (secondary N) is 1. The van der Waals surface area contributed by atoms with Gasteiger partial charge in [-0.15, -0.1) is 0 Å². The highest BCUT2D eigenvalue weighted by Crippen LogP contribution is 2.30. The predicted molar refractivity (Wildman–Crippen MR) is 82.9 cm³/mol. The van der Waals surface area contributed by atoms with Crippen LogP contribution in [0.25, 0.3) is 0 Å². The van der Waals surface area contributed by atoms with Crippen molar-refractivity contribution in [3.8, 4) is 5.75 Å². The zero-order valence-corrected chi connectivity index (χ0v) is 13.8. The molecule has 0 saturated carbocycles. The summed E-state index contributed by atoms with van der Waals surface area (Å²) in [5.41, 5.74) is -1.12. The van der Waals surface area contributed by atoms with Crippen LogP contribution in [0.15, 0.2) is 29.2 Å². The number of hydrogen-bond donors (Lipinski definition) is 2. The van der Waals surface area contributed by atoms with E-state index in [1.54, 1.807) is 19.1 Å². The van der Waals surface area contributed by atoms with Crippen LogP contribution in [-0.2, 0) is 19.6 Å². The smallest absolute Gasteiger partial charge is 0.311 e. The zero-order chi connectivity index (χ0) is 16.9. The Morgan fingerprint density at radius 2 is 2.09 bits per heavy atom. The fourth-order valence-electron chi connectivity index (χ4n) is 2.44. The Kier molecular flexibility index (Phi) is 5.61. The molecule has 1 aromatic rings. The number of rotatable bonds is 7. The molecule has 1 heterocycles. The number of carbonyl (C=O) groups is 1. The van der Waals surface area contributed by atoms with Crippen LogP contribution < -0.4 is 9.46 Å². The van der Waals surface area contributed by atoms with Gasteiger partial charge in [0.1, 0.15) is 5.75 Å². The standard InChI is InChI=1S/C15H21NO6S/c1-2-22-12-4-3-5-13(10-12)23(19,20)16-11-15(14(17)18)6-8-21-9-7-15/h3-5,10,16H,2,6-9,11H2,1H3,(H,17,18). The molecule has 1 aromatic carbocycles. The van der Waals surface area contributed by atoms with E-state index in [-0.39, 0.29) is 24.3 Å². The third-order valence-corrected chi connectivity index (χ3v) is 5.33. The van der Waals surface area contributed by atoms with E-state index in [0.717, 1.165) is 0 Å². The lowest BCUT2D eigenvalue weighted by Crippen LogP contribution is -2.46. The normalized spacial score (nSPS) is 17.6. The SMILES string of the molecule is CCOc1cccc(S(=O)(=O)NCC2(C(=O)O)CCOCC2)c1. The van der Waals surface area contributed by atoms with Gasteiger partial charge in [0.05, 0.1) is 16.9 Å². The van der Waals surface area contributed by atoms with Gasteiger partial charge < -0.3 is 14.6 Å². The third-order valence-electron chi connectivity index (χ3n) is 3.93. The van der Waals surface area contributed by atoms with Gasteiger partial charge in [-0.3, -0.25) is 4.79 Å². The van der Waals surface area contributed by atoms with Crippen molar-refractivity contribution >= 4 is 16.0 Å². The van der Waals surface area contributed by atoms with Gasteiger partial charge in [0.15, 0.2) is 0 Å².